The molecule has 5 nitrogen and oxygen atoms in total. The van der Waals surface area contributed by atoms with Crippen molar-refractivity contribution < 1.29 is 9.47 Å². The number of nitrogens with zero attached hydrogens (tertiary/aromatic N) is 2. The molecule has 0 aliphatic heterocycles. The molecule has 0 aliphatic rings. The van der Waals surface area contributed by atoms with Gasteiger partial charge in [-0.05, 0) is 53.5 Å². The third-order valence-corrected chi connectivity index (χ3v) is 3.29. The van der Waals surface area contributed by atoms with Crippen LogP contribution in [0.4, 0.5) is 11.5 Å². The lowest BCUT2D eigenvalue weighted by molar-refractivity contribution is 0.332. The van der Waals surface area contributed by atoms with Crippen molar-refractivity contribution in [3.63, 3.8) is 0 Å². The molecule has 1 heterocycles. The van der Waals surface area contributed by atoms with Crippen molar-refractivity contribution in [2.75, 3.05) is 18.5 Å². The van der Waals surface area contributed by atoms with Crippen LogP contribution in [0.25, 0.3) is 0 Å². The molecule has 1 N–H and O–H groups in total. The molecule has 0 saturated heterocycles. The molecular weight excluding hydrogens is 358 g/mol. The van der Waals surface area contributed by atoms with Crippen molar-refractivity contribution in [2.45, 2.75) is 13.8 Å². The lowest BCUT2D eigenvalue weighted by Gasteiger charge is -2.14. The largest absolute Gasteiger partial charge is 0.494 e. The van der Waals surface area contributed by atoms with E-state index in [-0.39, 0.29) is 5.28 Å². The zero-order valence-corrected chi connectivity index (χ0v) is 14.0. The summed E-state index contributed by atoms with van der Waals surface area (Å²) in [6.07, 6.45) is 1.59. The van der Waals surface area contributed by atoms with Crippen LogP contribution in [-0.2, 0) is 0 Å². The topological polar surface area (TPSA) is 56.3 Å². The molecule has 1 aromatic carbocycles. The average molecular weight is 373 g/mol. The fourth-order valence-corrected chi connectivity index (χ4v) is 2.13. The number of hydrogen-bond acceptors (Lipinski definition) is 5. The molecule has 0 bridgehead atoms. The number of rotatable bonds is 6. The Labute approximate surface area is 136 Å². The predicted molar refractivity (Wildman–Crippen MR) is 86.8 cm³/mol. The summed E-state index contributed by atoms with van der Waals surface area (Å²) < 4.78 is 11.8. The molecule has 1 aromatic heterocycles. The van der Waals surface area contributed by atoms with Gasteiger partial charge in [0, 0.05) is 12.3 Å². The van der Waals surface area contributed by atoms with Crippen LogP contribution in [0.15, 0.2) is 28.9 Å². The molecule has 112 valence electrons. The lowest BCUT2D eigenvalue weighted by atomic mass is 10.2. The minimum absolute atomic E-state index is 0.166. The standard InChI is InChI=1S/C14H15BrClN3O2/c1-3-20-9-5-6-12(21-4-2)11(7-9)18-13-10(15)8-17-14(16)19-13/h5-8H,3-4H2,1-2H3,(H,17,18,19). The first-order valence-corrected chi connectivity index (χ1v) is 7.65. The molecular formula is C14H15BrClN3O2. The first-order chi connectivity index (χ1) is 10.1. The van der Waals surface area contributed by atoms with Gasteiger partial charge in [-0.1, -0.05) is 0 Å². The summed E-state index contributed by atoms with van der Waals surface area (Å²) in [6.45, 7) is 5.02. The second-order valence-electron chi connectivity index (χ2n) is 3.98. The number of nitrogens with one attached hydrogen (secondary N) is 1. The van der Waals surface area contributed by atoms with Gasteiger partial charge >= 0.3 is 0 Å². The number of hydrogen-bond donors (Lipinski definition) is 1. The fraction of sp³-hybridized carbons (Fsp3) is 0.286. The number of benzene rings is 1. The Balaban J connectivity index is 2.35. The Kier molecular flexibility index (Phi) is 5.64. The van der Waals surface area contributed by atoms with Crippen molar-refractivity contribution in [3.05, 3.63) is 34.2 Å². The first kappa shape index (κ1) is 15.9. The highest BCUT2D eigenvalue weighted by Gasteiger charge is 2.10. The molecule has 0 aliphatic carbocycles. The van der Waals surface area contributed by atoms with Gasteiger partial charge in [0.15, 0.2) is 0 Å². The fourth-order valence-electron chi connectivity index (χ4n) is 1.71. The molecule has 7 heteroatoms. The number of ether oxygens (including phenoxy) is 2. The van der Waals surface area contributed by atoms with Gasteiger partial charge in [-0.3, -0.25) is 0 Å². The Bertz CT molecular complexity index is 625. The molecule has 0 saturated carbocycles. The predicted octanol–water partition coefficient (Wildman–Crippen LogP) is 4.43. The SMILES string of the molecule is CCOc1ccc(OCC)c(Nc2nc(Cl)ncc2Br)c1. The minimum Gasteiger partial charge on any atom is -0.494 e. The van der Waals surface area contributed by atoms with E-state index in [1.54, 1.807) is 6.20 Å². The molecule has 0 unspecified atom stereocenters. The van der Waals surface area contributed by atoms with Crippen molar-refractivity contribution >= 4 is 39.0 Å². The van der Waals surface area contributed by atoms with Crippen LogP contribution in [0.1, 0.15) is 13.8 Å². The minimum atomic E-state index is 0.166. The van der Waals surface area contributed by atoms with E-state index in [0.29, 0.717) is 29.3 Å². The summed E-state index contributed by atoms with van der Waals surface area (Å²) in [5.41, 5.74) is 0.748. The van der Waals surface area contributed by atoms with Gasteiger partial charge < -0.3 is 14.8 Å². The van der Waals surface area contributed by atoms with Gasteiger partial charge in [-0.2, -0.15) is 4.98 Å². The highest BCUT2D eigenvalue weighted by Crippen LogP contribution is 2.33. The highest BCUT2D eigenvalue weighted by atomic mass is 79.9. The molecule has 0 radical (unpaired) electrons. The molecule has 0 atom stereocenters. The molecule has 0 amide bonds. The van der Waals surface area contributed by atoms with Crippen molar-refractivity contribution in [1.29, 1.82) is 0 Å². The van der Waals surface area contributed by atoms with E-state index in [4.69, 9.17) is 21.1 Å². The maximum absolute atomic E-state index is 5.83. The van der Waals surface area contributed by atoms with Crippen LogP contribution in [0.5, 0.6) is 11.5 Å². The van der Waals surface area contributed by atoms with Gasteiger partial charge in [0.2, 0.25) is 5.28 Å². The monoisotopic (exact) mass is 371 g/mol. The summed E-state index contributed by atoms with van der Waals surface area (Å²) >= 11 is 9.21. The number of halogens is 2. The van der Waals surface area contributed by atoms with Crippen LogP contribution in [0.3, 0.4) is 0 Å². The lowest BCUT2D eigenvalue weighted by Crippen LogP contribution is -2.01. The van der Waals surface area contributed by atoms with E-state index >= 15 is 0 Å². The molecule has 0 spiro atoms. The third kappa shape index (κ3) is 4.22. The van der Waals surface area contributed by atoms with Gasteiger partial charge in [-0.15, -0.1) is 0 Å². The molecule has 21 heavy (non-hydrogen) atoms. The first-order valence-electron chi connectivity index (χ1n) is 6.48. The van der Waals surface area contributed by atoms with Gasteiger partial charge in [0.1, 0.15) is 17.3 Å². The Morgan fingerprint density at radius 2 is 2.00 bits per heavy atom. The summed E-state index contributed by atoms with van der Waals surface area (Å²) in [5.74, 6) is 2.02. The van der Waals surface area contributed by atoms with Crippen LogP contribution in [0, 0.1) is 0 Å². The maximum Gasteiger partial charge on any atom is 0.224 e. The van der Waals surface area contributed by atoms with Crippen LogP contribution < -0.4 is 14.8 Å². The van der Waals surface area contributed by atoms with Gasteiger partial charge in [0.25, 0.3) is 0 Å². The quantitative estimate of drug-likeness (QED) is 0.760. The van der Waals surface area contributed by atoms with E-state index in [9.17, 15) is 0 Å². The summed E-state index contributed by atoms with van der Waals surface area (Å²) in [5, 5.41) is 3.34. The van der Waals surface area contributed by atoms with Gasteiger partial charge in [-0.25, -0.2) is 4.98 Å². The van der Waals surface area contributed by atoms with E-state index in [2.05, 4.69) is 31.2 Å². The zero-order valence-electron chi connectivity index (χ0n) is 11.7. The normalized spacial score (nSPS) is 10.3. The molecule has 0 fully saturated rings. The number of aromatic nitrogens is 2. The van der Waals surface area contributed by atoms with E-state index in [0.717, 1.165) is 11.4 Å². The smallest absolute Gasteiger partial charge is 0.224 e. The Morgan fingerprint density at radius 1 is 1.24 bits per heavy atom. The molecule has 2 rings (SSSR count). The van der Waals surface area contributed by atoms with Crippen molar-refractivity contribution in [3.8, 4) is 11.5 Å². The maximum atomic E-state index is 5.83. The van der Waals surface area contributed by atoms with E-state index in [1.165, 1.54) is 0 Å². The van der Waals surface area contributed by atoms with Gasteiger partial charge in [0.05, 0.1) is 23.4 Å². The summed E-state index contributed by atoms with van der Waals surface area (Å²) in [4.78, 5) is 8.04. The number of anilines is 2. The summed E-state index contributed by atoms with van der Waals surface area (Å²) in [6, 6.07) is 5.58. The van der Waals surface area contributed by atoms with Crippen molar-refractivity contribution in [1.82, 2.24) is 9.97 Å². The second kappa shape index (κ2) is 7.47. The highest BCUT2D eigenvalue weighted by molar-refractivity contribution is 9.10. The van der Waals surface area contributed by atoms with Crippen LogP contribution >= 0.6 is 27.5 Å². The Morgan fingerprint density at radius 3 is 2.71 bits per heavy atom. The Hall–Kier alpha value is -1.53. The van der Waals surface area contributed by atoms with Crippen LogP contribution in [-0.4, -0.2) is 23.2 Å². The van der Waals surface area contributed by atoms with Crippen molar-refractivity contribution in [2.24, 2.45) is 0 Å². The molecule has 2 aromatic rings. The van der Waals surface area contributed by atoms with E-state index in [1.807, 2.05) is 32.0 Å². The zero-order chi connectivity index (χ0) is 15.2. The summed E-state index contributed by atoms with van der Waals surface area (Å²) in [7, 11) is 0. The van der Waals surface area contributed by atoms with Crippen LogP contribution in [0.2, 0.25) is 5.28 Å². The average Bonchev–Trinajstić information content (AvgIpc) is 2.46. The van der Waals surface area contributed by atoms with E-state index < -0.39 is 0 Å². The third-order valence-electron chi connectivity index (χ3n) is 2.53. The second-order valence-corrected chi connectivity index (χ2v) is 5.18.